The summed E-state index contributed by atoms with van der Waals surface area (Å²) in [5.74, 6) is 0.0215. The number of nitriles is 1. The van der Waals surface area contributed by atoms with Crippen LogP contribution in [-0.2, 0) is 13.0 Å². The van der Waals surface area contributed by atoms with Crippen LogP contribution >= 0.6 is 0 Å². The number of hydrogen-bond donors (Lipinski definition) is 0. The number of halogens is 1. The van der Waals surface area contributed by atoms with E-state index in [4.69, 9.17) is 0 Å². The Hall–Kier alpha value is -2.52. The second-order valence-electron chi connectivity index (χ2n) is 7.66. The molecule has 0 aliphatic carbocycles. The number of hydrogen-bond acceptors (Lipinski definition) is 5. The zero-order chi connectivity index (χ0) is 19.4. The van der Waals surface area contributed by atoms with Gasteiger partial charge in [0.05, 0.1) is 11.4 Å². The Bertz CT molecular complexity index is 815. The molecule has 0 N–H and O–H groups in total. The van der Waals surface area contributed by atoms with E-state index in [2.05, 4.69) is 46.8 Å². The largest absolute Gasteiger partial charge is 0.368 e. The normalized spacial score (nSPS) is 17.9. The van der Waals surface area contributed by atoms with E-state index in [-0.39, 0.29) is 11.6 Å². The van der Waals surface area contributed by atoms with Gasteiger partial charge in [-0.05, 0) is 49.1 Å². The fraction of sp³-hybridized carbons (Fsp3) is 0.476. The summed E-state index contributed by atoms with van der Waals surface area (Å²) in [7, 11) is 0. The lowest BCUT2D eigenvalue weighted by Crippen LogP contribution is -2.51. The number of piperazine rings is 1. The highest BCUT2D eigenvalue weighted by Crippen LogP contribution is 2.28. The van der Waals surface area contributed by atoms with Crippen molar-refractivity contribution in [2.45, 2.75) is 39.8 Å². The molecule has 0 spiro atoms. The zero-order valence-electron chi connectivity index (χ0n) is 16.2. The average molecular weight is 367 g/mol. The van der Waals surface area contributed by atoms with Crippen molar-refractivity contribution in [1.29, 1.82) is 5.26 Å². The van der Waals surface area contributed by atoms with Crippen LogP contribution in [0.2, 0.25) is 0 Å². The first-order valence-electron chi connectivity index (χ1n) is 9.46. The van der Waals surface area contributed by atoms with E-state index in [9.17, 15) is 9.65 Å². The molecule has 3 rings (SSSR count). The van der Waals surface area contributed by atoms with Crippen LogP contribution in [-0.4, -0.2) is 40.8 Å². The van der Waals surface area contributed by atoms with Crippen LogP contribution in [0.1, 0.15) is 37.6 Å². The number of benzene rings is 1. The minimum Gasteiger partial charge on any atom is -0.368 e. The standard InChI is InChI=1S/C21H26FN5/c1-15(2)9-17-10-20(22)19(12-23)21(11-17)27-8-7-26(16(3)13-27)14-18-5-4-6-24-25-18/h4-6,10-11,15-16H,7-9,13-14H2,1-3H3/t16-/m1/s1. The second kappa shape index (κ2) is 8.45. The van der Waals surface area contributed by atoms with Gasteiger partial charge in [0.2, 0.25) is 0 Å². The van der Waals surface area contributed by atoms with Crippen molar-refractivity contribution in [1.82, 2.24) is 15.1 Å². The molecule has 6 heteroatoms. The summed E-state index contributed by atoms with van der Waals surface area (Å²) in [4.78, 5) is 4.49. The maximum atomic E-state index is 14.5. The van der Waals surface area contributed by atoms with Crippen molar-refractivity contribution in [3.05, 3.63) is 53.1 Å². The van der Waals surface area contributed by atoms with Crippen molar-refractivity contribution in [2.24, 2.45) is 5.92 Å². The van der Waals surface area contributed by atoms with Crippen molar-refractivity contribution in [2.75, 3.05) is 24.5 Å². The molecular weight excluding hydrogens is 341 g/mol. The minimum absolute atomic E-state index is 0.150. The van der Waals surface area contributed by atoms with Crippen LogP contribution < -0.4 is 4.90 Å². The number of anilines is 1. The van der Waals surface area contributed by atoms with Crippen LogP contribution in [0.3, 0.4) is 0 Å². The highest BCUT2D eigenvalue weighted by atomic mass is 19.1. The van der Waals surface area contributed by atoms with Crippen molar-refractivity contribution in [3.63, 3.8) is 0 Å². The van der Waals surface area contributed by atoms with Gasteiger partial charge in [-0.3, -0.25) is 4.90 Å². The summed E-state index contributed by atoms with van der Waals surface area (Å²) in [6.45, 7) is 9.47. The van der Waals surface area contributed by atoms with Crippen LogP contribution in [0.15, 0.2) is 30.5 Å². The van der Waals surface area contributed by atoms with E-state index in [1.54, 1.807) is 6.20 Å². The fourth-order valence-corrected chi connectivity index (χ4v) is 3.67. The van der Waals surface area contributed by atoms with Crippen LogP contribution in [0.25, 0.3) is 0 Å². The Morgan fingerprint density at radius 2 is 2.15 bits per heavy atom. The van der Waals surface area contributed by atoms with E-state index >= 15 is 0 Å². The van der Waals surface area contributed by atoms with Gasteiger partial charge in [-0.15, -0.1) is 0 Å². The molecule has 2 aromatic rings. The SMILES string of the molecule is CC(C)Cc1cc(F)c(C#N)c(N2CCN(Cc3cccnn3)[C@H](C)C2)c1. The number of rotatable bonds is 5. The highest BCUT2D eigenvalue weighted by molar-refractivity contribution is 5.62. The third-order valence-electron chi connectivity index (χ3n) is 4.98. The number of aromatic nitrogens is 2. The summed E-state index contributed by atoms with van der Waals surface area (Å²) in [5.41, 5.74) is 2.77. The van der Waals surface area contributed by atoms with Gasteiger partial charge in [-0.25, -0.2) is 4.39 Å². The van der Waals surface area contributed by atoms with E-state index in [1.165, 1.54) is 6.07 Å². The molecule has 0 amide bonds. The molecule has 5 nitrogen and oxygen atoms in total. The molecule has 0 unspecified atom stereocenters. The Morgan fingerprint density at radius 1 is 1.33 bits per heavy atom. The quantitative estimate of drug-likeness (QED) is 0.811. The van der Waals surface area contributed by atoms with Crippen LogP contribution in [0.5, 0.6) is 0 Å². The summed E-state index contributed by atoms with van der Waals surface area (Å²) >= 11 is 0. The summed E-state index contributed by atoms with van der Waals surface area (Å²) in [5, 5.41) is 17.6. The van der Waals surface area contributed by atoms with Gasteiger partial charge >= 0.3 is 0 Å². The minimum atomic E-state index is -0.416. The van der Waals surface area contributed by atoms with Crippen molar-refractivity contribution < 1.29 is 4.39 Å². The molecule has 142 valence electrons. The van der Waals surface area contributed by atoms with E-state index in [0.717, 1.165) is 49.5 Å². The number of nitrogens with zero attached hydrogens (tertiary/aromatic N) is 5. The first kappa shape index (κ1) is 19.2. The van der Waals surface area contributed by atoms with Gasteiger partial charge in [0, 0.05) is 38.4 Å². The Morgan fingerprint density at radius 3 is 2.78 bits per heavy atom. The summed E-state index contributed by atoms with van der Waals surface area (Å²) in [6.07, 6.45) is 2.48. The van der Waals surface area contributed by atoms with Crippen LogP contribution in [0, 0.1) is 23.1 Å². The maximum absolute atomic E-state index is 14.5. The second-order valence-corrected chi connectivity index (χ2v) is 7.66. The smallest absolute Gasteiger partial charge is 0.143 e. The maximum Gasteiger partial charge on any atom is 0.143 e. The van der Waals surface area contributed by atoms with Gasteiger partial charge in [-0.2, -0.15) is 15.5 Å². The lowest BCUT2D eigenvalue weighted by molar-refractivity contribution is 0.178. The monoisotopic (exact) mass is 367 g/mol. The van der Waals surface area contributed by atoms with E-state index in [0.29, 0.717) is 5.92 Å². The first-order valence-corrected chi connectivity index (χ1v) is 9.46. The topological polar surface area (TPSA) is 56.1 Å². The van der Waals surface area contributed by atoms with Gasteiger partial charge in [-0.1, -0.05) is 13.8 Å². The molecule has 0 bridgehead atoms. The Kier molecular flexibility index (Phi) is 6.02. The molecule has 1 aliphatic heterocycles. The predicted octanol–water partition coefficient (Wildman–Crippen LogP) is 3.40. The van der Waals surface area contributed by atoms with Gasteiger partial charge < -0.3 is 4.90 Å². The lowest BCUT2D eigenvalue weighted by atomic mass is 9.99. The third kappa shape index (κ3) is 4.61. The molecule has 1 aromatic heterocycles. The molecule has 27 heavy (non-hydrogen) atoms. The van der Waals surface area contributed by atoms with E-state index < -0.39 is 5.82 Å². The molecule has 1 aromatic carbocycles. The Labute approximate surface area is 160 Å². The lowest BCUT2D eigenvalue weighted by Gasteiger charge is -2.41. The van der Waals surface area contributed by atoms with Crippen LogP contribution in [0.4, 0.5) is 10.1 Å². The average Bonchev–Trinajstić information content (AvgIpc) is 2.63. The summed E-state index contributed by atoms with van der Waals surface area (Å²) < 4.78 is 14.5. The molecule has 1 fully saturated rings. The summed E-state index contributed by atoms with van der Waals surface area (Å²) in [6, 6.07) is 9.70. The van der Waals surface area contributed by atoms with Crippen molar-refractivity contribution >= 4 is 5.69 Å². The first-order chi connectivity index (χ1) is 13.0. The van der Waals surface area contributed by atoms with E-state index in [1.807, 2.05) is 18.2 Å². The molecule has 0 saturated carbocycles. The molecule has 0 radical (unpaired) electrons. The van der Waals surface area contributed by atoms with Gasteiger partial charge in [0.25, 0.3) is 0 Å². The van der Waals surface area contributed by atoms with Gasteiger partial charge in [0.1, 0.15) is 17.4 Å². The van der Waals surface area contributed by atoms with Gasteiger partial charge in [0.15, 0.2) is 0 Å². The molecule has 1 saturated heterocycles. The zero-order valence-corrected chi connectivity index (χ0v) is 16.2. The molecule has 2 heterocycles. The predicted molar refractivity (Wildman–Crippen MR) is 104 cm³/mol. The fourth-order valence-electron chi connectivity index (χ4n) is 3.67. The Balaban J connectivity index is 1.78. The van der Waals surface area contributed by atoms with Crippen molar-refractivity contribution in [3.8, 4) is 6.07 Å². The third-order valence-corrected chi connectivity index (χ3v) is 4.98. The molecular formula is C21H26FN5. The molecule has 1 aliphatic rings. The molecule has 1 atom stereocenters. The highest BCUT2D eigenvalue weighted by Gasteiger charge is 2.27.